The van der Waals surface area contributed by atoms with Crippen LogP contribution in [0.15, 0.2) is 18.2 Å². The fourth-order valence-corrected chi connectivity index (χ4v) is 1.97. The van der Waals surface area contributed by atoms with Crippen LogP contribution in [0.4, 0.5) is 5.69 Å². The molecule has 1 atom stereocenters. The van der Waals surface area contributed by atoms with Gasteiger partial charge in [0.1, 0.15) is 10.6 Å². The Morgan fingerprint density at radius 1 is 1.60 bits per heavy atom. The van der Waals surface area contributed by atoms with Gasteiger partial charge in [0.25, 0.3) is 5.91 Å². The number of amides is 1. The number of hydrogen-bond acceptors (Lipinski definition) is 5. The molecule has 0 aromatic heterocycles. The number of rotatable bonds is 6. The number of carbonyl (C=O) groups excluding carboxylic acids is 1. The van der Waals surface area contributed by atoms with Crippen molar-refractivity contribution in [2.75, 3.05) is 27.3 Å². The SMILES string of the molecule is COCC(O)CN(C)C(=O)c1cccc(Cl)c1[N+](=O)[O-]. The van der Waals surface area contributed by atoms with Gasteiger partial charge in [0.2, 0.25) is 0 Å². The highest BCUT2D eigenvalue weighted by atomic mass is 35.5. The first-order chi connectivity index (χ1) is 9.38. The quantitative estimate of drug-likeness (QED) is 0.632. The van der Waals surface area contributed by atoms with Crippen LogP contribution in [0.1, 0.15) is 10.4 Å². The van der Waals surface area contributed by atoms with Crippen LogP contribution >= 0.6 is 11.6 Å². The minimum atomic E-state index is -0.868. The lowest BCUT2D eigenvalue weighted by molar-refractivity contribution is -0.385. The average Bonchev–Trinajstić information content (AvgIpc) is 2.37. The number of para-hydroxylation sites is 1. The standard InChI is InChI=1S/C12H15ClN2O5/c1-14(6-8(16)7-20-2)12(17)9-4-3-5-10(13)11(9)15(18)19/h3-5,8,16H,6-7H2,1-2H3. The van der Waals surface area contributed by atoms with Gasteiger partial charge in [-0.25, -0.2) is 0 Å². The van der Waals surface area contributed by atoms with E-state index in [4.69, 9.17) is 16.3 Å². The Morgan fingerprint density at radius 3 is 2.80 bits per heavy atom. The molecule has 1 N–H and O–H groups in total. The summed E-state index contributed by atoms with van der Waals surface area (Å²) in [7, 11) is 2.86. The van der Waals surface area contributed by atoms with Crippen molar-refractivity contribution in [1.29, 1.82) is 0 Å². The lowest BCUT2D eigenvalue weighted by Gasteiger charge is -2.20. The fourth-order valence-electron chi connectivity index (χ4n) is 1.72. The highest BCUT2D eigenvalue weighted by molar-refractivity contribution is 6.33. The Hall–Kier alpha value is -1.70. The molecule has 7 nitrogen and oxygen atoms in total. The van der Waals surface area contributed by atoms with Gasteiger partial charge in [0, 0.05) is 20.7 Å². The molecule has 0 aliphatic carbocycles. The maximum atomic E-state index is 12.2. The summed E-state index contributed by atoms with van der Waals surface area (Å²) in [6.07, 6.45) is -0.868. The first-order valence-electron chi connectivity index (χ1n) is 5.73. The van der Waals surface area contributed by atoms with Crippen LogP contribution in [-0.2, 0) is 4.74 Å². The van der Waals surface area contributed by atoms with Gasteiger partial charge in [0.15, 0.2) is 0 Å². The third-order valence-electron chi connectivity index (χ3n) is 2.59. The zero-order chi connectivity index (χ0) is 15.3. The van der Waals surface area contributed by atoms with E-state index in [9.17, 15) is 20.0 Å². The first kappa shape index (κ1) is 16.4. The summed E-state index contributed by atoms with van der Waals surface area (Å²) in [6.45, 7) is 0.0611. The van der Waals surface area contributed by atoms with Gasteiger partial charge in [-0.2, -0.15) is 0 Å². The van der Waals surface area contributed by atoms with E-state index >= 15 is 0 Å². The molecule has 0 aliphatic heterocycles. The van der Waals surface area contributed by atoms with Gasteiger partial charge in [-0.15, -0.1) is 0 Å². The Kier molecular flexibility index (Phi) is 5.87. The van der Waals surface area contributed by atoms with Crippen LogP contribution in [-0.4, -0.2) is 54.3 Å². The number of aliphatic hydroxyl groups is 1. The summed E-state index contributed by atoms with van der Waals surface area (Å²) in [5.41, 5.74) is -0.554. The molecule has 1 aromatic rings. The summed E-state index contributed by atoms with van der Waals surface area (Å²) in [4.78, 5) is 23.6. The smallest absolute Gasteiger partial charge is 0.300 e. The molecular weight excluding hydrogens is 288 g/mol. The molecule has 1 rings (SSSR count). The number of halogens is 1. The van der Waals surface area contributed by atoms with Crippen molar-refractivity contribution < 1.29 is 19.6 Å². The number of ether oxygens (including phenoxy) is 1. The molecule has 1 unspecified atom stereocenters. The maximum absolute atomic E-state index is 12.2. The minimum absolute atomic E-state index is 0.00363. The van der Waals surface area contributed by atoms with E-state index < -0.39 is 22.6 Å². The molecule has 20 heavy (non-hydrogen) atoms. The highest BCUT2D eigenvalue weighted by Crippen LogP contribution is 2.28. The Balaban J connectivity index is 2.97. The molecule has 0 radical (unpaired) electrons. The molecule has 0 saturated heterocycles. The number of aliphatic hydroxyl groups excluding tert-OH is 1. The molecule has 0 heterocycles. The zero-order valence-corrected chi connectivity index (χ0v) is 11.8. The van der Waals surface area contributed by atoms with Crippen molar-refractivity contribution in [2.45, 2.75) is 6.10 Å². The number of carbonyl (C=O) groups is 1. The molecule has 1 aromatic carbocycles. The largest absolute Gasteiger partial charge is 0.389 e. The van der Waals surface area contributed by atoms with E-state index in [0.717, 1.165) is 0 Å². The van der Waals surface area contributed by atoms with Crippen LogP contribution in [0.5, 0.6) is 0 Å². The molecule has 0 fully saturated rings. The van der Waals surface area contributed by atoms with Crippen molar-refractivity contribution in [3.05, 3.63) is 38.9 Å². The van der Waals surface area contributed by atoms with Gasteiger partial charge in [-0.3, -0.25) is 14.9 Å². The summed E-state index contributed by atoms with van der Waals surface area (Å²) < 4.78 is 4.75. The van der Waals surface area contributed by atoms with E-state index in [2.05, 4.69) is 0 Å². The molecule has 0 aliphatic rings. The van der Waals surface area contributed by atoms with Crippen LogP contribution in [0.25, 0.3) is 0 Å². The lowest BCUT2D eigenvalue weighted by atomic mass is 10.1. The van der Waals surface area contributed by atoms with Crippen LogP contribution in [0.3, 0.4) is 0 Å². The Labute approximate surface area is 120 Å². The average molecular weight is 303 g/mol. The molecule has 8 heteroatoms. The molecule has 1 amide bonds. The van der Waals surface area contributed by atoms with Gasteiger partial charge in [0.05, 0.1) is 17.6 Å². The highest BCUT2D eigenvalue weighted by Gasteiger charge is 2.26. The third kappa shape index (κ3) is 3.89. The second kappa shape index (κ2) is 7.18. The first-order valence-corrected chi connectivity index (χ1v) is 6.11. The molecule has 0 bridgehead atoms. The monoisotopic (exact) mass is 302 g/mol. The third-order valence-corrected chi connectivity index (χ3v) is 2.90. The zero-order valence-electron chi connectivity index (χ0n) is 11.1. The summed E-state index contributed by atoms with van der Waals surface area (Å²) in [5, 5.41) is 20.4. The number of nitro groups is 1. The summed E-state index contributed by atoms with van der Waals surface area (Å²) in [5.74, 6) is -0.589. The predicted molar refractivity (Wildman–Crippen MR) is 72.9 cm³/mol. The summed E-state index contributed by atoms with van der Waals surface area (Å²) >= 11 is 5.75. The van der Waals surface area contributed by atoms with E-state index in [1.165, 1.54) is 37.3 Å². The van der Waals surface area contributed by atoms with Crippen LogP contribution in [0, 0.1) is 10.1 Å². The number of nitrogens with zero attached hydrogens (tertiary/aromatic N) is 2. The minimum Gasteiger partial charge on any atom is -0.389 e. The van der Waals surface area contributed by atoms with Crippen molar-refractivity contribution in [3.63, 3.8) is 0 Å². The van der Waals surface area contributed by atoms with Crippen molar-refractivity contribution in [3.8, 4) is 0 Å². The normalized spacial score (nSPS) is 12.0. The van der Waals surface area contributed by atoms with E-state index in [0.29, 0.717) is 0 Å². The van der Waals surface area contributed by atoms with Crippen LogP contribution < -0.4 is 0 Å². The van der Waals surface area contributed by atoms with Gasteiger partial charge in [-0.05, 0) is 12.1 Å². The predicted octanol–water partition coefficient (Wildman–Crippen LogP) is 1.33. The lowest BCUT2D eigenvalue weighted by Crippen LogP contribution is -2.36. The van der Waals surface area contributed by atoms with Gasteiger partial charge in [-0.1, -0.05) is 17.7 Å². The second-order valence-electron chi connectivity index (χ2n) is 4.19. The number of likely N-dealkylation sites (N-methyl/N-ethyl adjacent to an activating group) is 1. The number of benzene rings is 1. The van der Waals surface area contributed by atoms with E-state index in [-0.39, 0.29) is 23.7 Å². The van der Waals surface area contributed by atoms with Gasteiger partial charge >= 0.3 is 5.69 Å². The Morgan fingerprint density at radius 2 is 2.25 bits per heavy atom. The molecule has 0 spiro atoms. The summed E-state index contributed by atoms with van der Waals surface area (Å²) in [6, 6.07) is 4.13. The Bertz CT molecular complexity index is 509. The second-order valence-corrected chi connectivity index (χ2v) is 4.60. The molecule has 0 saturated carbocycles. The molecule has 110 valence electrons. The van der Waals surface area contributed by atoms with Crippen molar-refractivity contribution in [2.24, 2.45) is 0 Å². The topological polar surface area (TPSA) is 92.9 Å². The number of hydrogen-bond donors (Lipinski definition) is 1. The number of methoxy groups -OCH3 is 1. The van der Waals surface area contributed by atoms with E-state index in [1.54, 1.807) is 0 Å². The van der Waals surface area contributed by atoms with Crippen LogP contribution in [0.2, 0.25) is 5.02 Å². The van der Waals surface area contributed by atoms with E-state index in [1.807, 2.05) is 0 Å². The van der Waals surface area contributed by atoms with Crippen molar-refractivity contribution >= 4 is 23.2 Å². The fraction of sp³-hybridized carbons (Fsp3) is 0.417. The molecular formula is C12H15ClN2O5. The van der Waals surface area contributed by atoms with Crippen molar-refractivity contribution in [1.82, 2.24) is 4.90 Å². The van der Waals surface area contributed by atoms with Gasteiger partial charge < -0.3 is 14.7 Å². The maximum Gasteiger partial charge on any atom is 0.300 e. The number of nitro benzene ring substituents is 1.